The molecule has 6 heterocycles. The first-order valence-corrected chi connectivity index (χ1v) is 24.7. The van der Waals surface area contributed by atoms with E-state index >= 15 is 0 Å². The number of para-hydroxylation sites is 3. The number of fused-ring (bicyclic) bond motifs is 6. The summed E-state index contributed by atoms with van der Waals surface area (Å²) in [6.45, 7) is 0. The van der Waals surface area contributed by atoms with Crippen molar-refractivity contribution in [3.8, 4) is 39.9 Å². The maximum atomic E-state index is 5.31. The lowest BCUT2D eigenvalue weighted by Crippen LogP contribution is -2.22. The molecule has 0 radical (unpaired) electrons. The molecule has 8 aromatic carbocycles. The first-order valence-electron chi connectivity index (χ1n) is 22.2. The van der Waals surface area contributed by atoms with Gasteiger partial charge in [0.05, 0.1) is 39.1 Å². The number of rotatable bonds is 5. The van der Waals surface area contributed by atoms with Crippen LogP contribution in [0.15, 0.2) is 211 Å². The van der Waals surface area contributed by atoms with Crippen LogP contribution in [-0.4, -0.2) is 24.1 Å². The molecule has 9 heteroatoms. The van der Waals surface area contributed by atoms with E-state index in [0.29, 0.717) is 17.6 Å². The summed E-state index contributed by atoms with van der Waals surface area (Å²) in [5.74, 6) is 1.85. The van der Waals surface area contributed by atoms with E-state index in [2.05, 4.69) is 160 Å². The Kier molecular flexibility index (Phi) is 7.90. The predicted molar refractivity (Wildman–Crippen MR) is 273 cm³/mol. The molecule has 3 aromatic heterocycles. The van der Waals surface area contributed by atoms with Crippen LogP contribution in [0.25, 0.3) is 89.2 Å². The molecule has 11 aromatic rings. The highest BCUT2D eigenvalue weighted by molar-refractivity contribution is 8.01. The van der Waals surface area contributed by atoms with Crippen LogP contribution in [0.1, 0.15) is 12.8 Å². The van der Waals surface area contributed by atoms with Gasteiger partial charge in [0, 0.05) is 67.7 Å². The first kappa shape index (κ1) is 37.0. The summed E-state index contributed by atoms with van der Waals surface area (Å²) in [7, 11) is 0. The normalized spacial score (nSPS) is 14.4. The number of allylic oxidation sites excluding steroid dienone is 4. The van der Waals surface area contributed by atoms with Crippen molar-refractivity contribution in [2.45, 2.75) is 42.2 Å². The van der Waals surface area contributed by atoms with Crippen LogP contribution in [0.4, 0.5) is 17.1 Å². The average Bonchev–Trinajstić information content (AvgIpc) is 3.87. The summed E-state index contributed by atoms with van der Waals surface area (Å²) in [6, 6.07) is 59.4. The third-order valence-electron chi connectivity index (χ3n) is 13.3. The van der Waals surface area contributed by atoms with Crippen molar-refractivity contribution in [2.75, 3.05) is 4.90 Å². The zero-order valence-electron chi connectivity index (χ0n) is 35.1. The maximum absolute atomic E-state index is 5.31. The van der Waals surface area contributed by atoms with Gasteiger partial charge < -0.3 is 9.47 Å². The van der Waals surface area contributed by atoms with Crippen LogP contribution in [0.3, 0.4) is 0 Å². The number of anilines is 3. The molecule has 4 aliphatic rings. The van der Waals surface area contributed by atoms with Gasteiger partial charge in [-0.3, -0.25) is 4.57 Å². The van der Waals surface area contributed by atoms with Crippen LogP contribution in [0.5, 0.6) is 0 Å². The number of benzene rings is 8. The Labute approximate surface area is 392 Å². The molecule has 310 valence electrons. The van der Waals surface area contributed by atoms with Crippen molar-refractivity contribution in [1.29, 1.82) is 0 Å². The van der Waals surface area contributed by atoms with Crippen molar-refractivity contribution in [3.05, 3.63) is 182 Å². The second-order valence-electron chi connectivity index (χ2n) is 17.1. The minimum atomic E-state index is 0.582. The molecule has 15 rings (SSSR count). The van der Waals surface area contributed by atoms with E-state index < -0.39 is 0 Å². The standard InChI is InChI=1S/C57H34N6S3/c1-4-14-33(15-5-1)55-58-56(34-16-6-2-7-17-34)60-57(59-55)62-43-27-26-35(28-39(43)41-32-44-40(31-45(41)62)38-20-10-11-21-42(38)61(44)37-18-8-3-9-19-37)36-29-50-54-51(30-36)66-49-25-13-23-47-53(49)63(54)52-46(64-47)22-12-24-48(52)65-50/h1-2,4-8,10-32H,3,9H2. The van der Waals surface area contributed by atoms with Gasteiger partial charge in [0.25, 0.3) is 0 Å². The highest BCUT2D eigenvalue weighted by Gasteiger charge is 2.39. The highest BCUT2D eigenvalue weighted by Crippen LogP contribution is 2.66. The molecule has 0 bridgehead atoms. The van der Waals surface area contributed by atoms with Gasteiger partial charge in [-0.25, -0.2) is 4.98 Å². The molecule has 0 amide bonds. The van der Waals surface area contributed by atoms with E-state index in [-0.39, 0.29) is 0 Å². The molecule has 66 heavy (non-hydrogen) atoms. The van der Waals surface area contributed by atoms with E-state index in [1.807, 2.05) is 71.7 Å². The Morgan fingerprint density at radius 3 is 1.56 bits per heavy atom. The summed E-state index contributed by atoms with van der Waals surface area (Å²) in [6.07, 6.45) is 9.03. The first-order chi connectivity index (χ1) is 32.7. The van der Waals surface area contributed by atoms with Crippen molar-refractivity contribution in [3.63, 3.8) is 0 Å². The molecule has 0 spiro atoms. The smallest absolute Gasteiger partial charge is 0.238 e. The molecule has 0 N–H and O–H groups in total. The number of hydrogen-bond donors (Lipinski definition) is 0. The molecular formula is C57H34N6S3. The van der Waals surface area contributed by atoms with Gasteiger partial charge in [0.2, 0.25) is 5.95 Å². The van der Waals surface area contributed by atoms with E-state index in [0.717, 1.165) is 45.8 Å². The molecule has 3 aliphatic heterocycles. The fourth-order valence-electron chi connectivity index (χ4n) is 10.4. The average molecular weight is 899 g/mol. The van der Waals surface area contributed by atoms with Crippen molar-refractivity contribution < 1.29 is 0 Å². The topological polar surface area (TPSA) is 51.8 Å². The monoisotopic (exact) mass is 898 g/mol. The van der Waals surface area contributed by atoms with Crippen LogP contribution in [0, 0.1) is 0 Å². The Balaban J connectivity index is 0.999. The highest BCUT2D eigenvalue weighted by atomic mass is 32.2. The minimum absolute atomic E-state index is 0.582. The lowest BCUT2D eigenvalue weighted by molar-refractivity contribution is 0.954. The summed E-state index contributed by atoms with van der Waals surface area (Å²) < 4.78 is 4.71. The largest absolute Gasteiger partial charge is 0.310 e. The number of aromatic nitrogens is 5. The number of nitrogens with zero attached hydrogens (tertiary/aromatic N) is 6. The van der Waals surface area contributed by atoms with E-state index in [1.165, 1.54) is 85.1 Å². The van der Waals surface area contributed by atoms with Crippen LogP contribution < -0.4 is 4.90 Å². The van der Waals surface area contributed by atoms with Crippen molar-refractivity contribution in [1.82, 2.24) is 24.1 Å². The molecule has 6 nitrogen and oxygen atoms in total. The molecule has 1 aliphatic carbocycles. The van der Waals surface area contributed by atoms with Gasteiger partial charge in [-0.1, -0.05) is 144 Å². The minimum Gasteiger partial charge on any atom is -0.310 e. The fraction of sp³-hybridized carbons (Fsp3) is 0.0351. The Morgan fingerprint density at radius 2 is 0.924 bits per heavy atom. The van der Waals surface area contributed by atoms with Crippen LogP contribution in [-0.2, 0) is 0 Å². The van der Waals surface area contributed by atoms with Crippen LogP contribution in [0.2, 0.25) is 0 Å². The third-order valence-corrected chi connectivity index (χ3v) is 16.6. The lowest BCUT2D eigenvalue weighted by Gasteiger charge is -2.42. The van der Waals surface area contributed by atoms with Gasteiger partial charge in [-0.05, 0) is 96.8 Å². The van der Waals surface area contributed by atoms with E-state index in [9.17, 15) is 0 Å². The third kappa shape index (κ3) is 5.39. The lowest BCUT2D eigenvalue weighted by atomic mass is 10.0. The summed E-state index contributed by atoms with van der Waals surface area (Å²) in [4.78, 5) is 26.0. The Hall–Kier alpha value is -7.30. The summed E-state index contributed by atoms with van der Waals surface area (Å²) in [5, 5.41) is 4.68. The molecule has 0 saturated heterocycles. The molecule has 0 unspecified atom stereocenters. The molecular weight excluding hydrogens is 865 g/mol. The maximum Gasteiger partial charge on any atom is 0.238 e. The van der Waals surface area contributed by atoms with Crippen LogP contribution >= 0.6 is 35.3 Å². The van der Waals surface area contributed by atoms with Gasteiger partial charge in [-0.2, -0.15) is 9.97 Å². The molecule has 0 atom stereocenters. The predicted octanol–water partition coefficient (Wildman–Crippen LogP) is 16.1. The van der Waals surface area contributed by atoms with Gasteiger partial charge >= 0.3 is 0 Å². The second-order valence-corrected chi connectivity index (χ2v) is 20.3. The number of hydrogen-bond acceptors (Lipinski definition) is 7. The SMILES string of the molecule is C1=CC(n2c3ccccc3c3cc4c(cc32)c2cc(-c3cc5c6c(c3)Sc3cccc7c3N6c3c(cccc3S5)S7)ccc2n4-c2nc(-c3ccccc3)nc(-c3ccccc3)n2)=CCC1. The summed E-state index contributed by atoms with van der Waals surface area (Å²) in [5.41, 5.74) is 13.8. The van der Waals surface area contributed by atoms with Gasteiger partial charge in [-0.15, -0.1) is 0 Å². The van der Waals surface area contributed by atoms with Gasteiger partial charge in [0.1, 0.15) is 0 Å². The molecule has 0 saturated carbocycles. The zero-order chi connectivity index (χ0) is 43.0. The van der Waals surface area contributed by atoms with Crippen molar-refractivity contribution in [2.24, 2.45) is 0 Å². The zero-order valence-corrected chi connectivity index (χ0v) is 37.6. The Morgan fingerprint density at radius 1 is 0.379 bits per heavy atom. The second kappa shape index (κ2) is 14.1. The quantitative estimate of drug-likeness (QED) is 0.171. The van der Waals surface area contributed by atoms with Crippen molar-refractivity contribution >= 4 is 102 Å². The molecule has 0 fully saturated rings. The summed E-state index contributed by atoms with van der Waals surface area (Å²) >= 11 is 5.68. The Bertz CT molecular complexity index is 3850. The van der Waals surface area contributed by atoms with E-state index in [4.69, 9.17) is 15.0 Å². The fourth-order valence-corrected chi connectivity index (χ4v) is 14.1. The van der Waals surface area contributed by atoms with E-state index in [1.54, 1.807) is 0 Å². The van der Waals surface area contributed by atoms with Gasteiger partial charge in [0.15, 0.2) is 11.6 Å².